The van der Waals surface area contributed by atoms with Crippen molar-refractivity contribution in [3.63, 3.8) is 0 Å². The summed E-state index contributed by atoms with van der Waals surface area (Å²) in [5, 5.41) is 3.38. The van der Waals surface area contributed by atoms with Crippen molar-refractivity contribution in [3.8, 4) is 0 Å². The number of halogens is 1. The molecule has 0 aromatic heterocycles. The number of piperidine rings is 1. The van der Waals surface area contributed by atoms with Gasteiger partial charge in [-0.15, -0.1) is 0 Å². The molecule has 1 amide bonds. The highest BCUT2D eigenvalue weighted by Gasteiger charge is 2.29. The summed E-state index contributed by atoms with van der Waals surface area (Å²) in [7, 11) is 0. The Hall–Kier alpha value is -0.870. The summed E-state index contributed by atoms with van der Waals surface area (Å²) in [6.45, 7) is 6.01. The Bertz CT molecular complexity index is 472. The molecule has 3 nitrogen and oxygen atoms in total. The number of carbonyl (C=O) groups is 1. The molecule has 21 heavy (non-hydrogen) atoms. The summed E-state index contributed by atoms with van der Waals surface area (Å²) in [5.41, 5.74) is 1.18. The highest BCUT2D eigenvalue weighted by molar-refractivity contribution is 9.10. The van der Waals surface area contributed by atoms with Crippen molar-refractivity contribution >= 4 is 21.8 Å². The highest BCUT2D eigenvalue weighted by Crippen LogP contribution is 2.28. The van der Waals surface area contributed by atoms with Gasteiger partial charge in [0, 0.05) is 11.0 Å². The second kappa shape index (κ2) is 7.95. The molecule has 1 aliphatic heterocycles. The van der Waals surface area contributed by atoms with E-state index in [0.717, 1.165) is 36.8 Å². The molecule has 4 heteroatoms. The highest BCUT2D eigenvalue weighted by atomic mass is 79.9. The Morgan fingerprint density at radius 3 is 2.81 bits per heavy atom. The van der Waals surface area contributed by atoms with Crippen molar-refractivity contribution < 1.29 is 4.79 Å². The van der Waals surface area contributed by atoms with E-state index >= 15 is 0 Å². The Labute approximate surface area is 136 Å². The van der Waals surface area contributed by atoms with Gasteiger partial charge in [0.15, 0.2) is 0 Å². The third kappa shape index (κ3) is 4.07. The Morgan fingerprint density at radius 1 is 1.43 bits per heavy atom. The first kappa shape index (κ1) is 16.5. The summed E-state index contributed by atoms with van der Waals surface area (Å²) in [5.74, 6) is 0.250. The van der Waals surface area contributed by atoms with E-state index in [1.807, 2.05) is 23.1 Å². The van der Waals surface area contributed by atoms with Gasteiger partial charge in [-0.1, -0.05) is 47.5 Å². The smallest absolute Gasteiger partial charge is 0.240 e. The molecule has 1 heterocycles. The van der Waals surface area contributed by atoms with Crippen LogP contribution in [-0.4, -0.2) is 29.9 Å². The second-order valence-corrected chi connectivity index (χ2v) is 6.59. The minimum absolute atomic E-state index is 0.00441. The summed E-state index contributed by atoms with van der Waals surface area (Å²) in [6, 6.07) is 8.27. The van der Waals surface area contributed by atoms with E-state index in [0.29, 0.717) is 0 Å². The van der Waals surface area contributed by atoms with Crippen LogP contribution in [0, 0.1) is 0 Å². The maximum Gasteiger partial charge on any atom is 0.240 e. The van der Waals surface area contributed by atoms with Gasteiger partial charge in [0.05, 0.1) is 12.1 Å². The van der Waals surface area contributed by atoms with E-state index in [1.165, 1.54) is 12.0 Å². The first-order valence-corrected chi connectivity index (χ1v) is 8.72. The quantitative estimate of drug-likeness (QED) is 0.871. The summed E-state index contributed by atoms with van der Waals surface area (Å²) in [6.07, 6.45) is 4.26. The van der Waals surface area contributed by atoms with Crippen LogP contribution < -0.4 is 5.32 Å². The molecule has 2 atom stereocenters. The molecule has 0 saturated carbocycles. The predicted molar refractivity (Wildman–Crippen MR) is 90.2 cm³/mol. The number of benzene rings is 1. The number of carbonyl (C=O) groups excluding carboxylic acids is 1. The fourth-order valence-corrected chi connectivity index (χ4v) is 3.60. The largest absolute Gasteiger partial charge is 0.335 e. The lowest BCUT2D eigenvalue weighted by Gasteiger charge is -2.34. The molecule has 1 unspecified atom stereocenters. The topological polar surface area (TPSA) is 32.3 Å². The maximum absolute atomic E-state index is 12.9. The van der Waals surface area contributed by atoms with E-state index in [4.69, 9.17) is 0 Å². The maximum atomic E-state index is 12.9. The first-order valence-electron chi connectivity index (χ1n) is 7.93. The van der Waals surface area contributed by atoms with Crippen molar-refractivity contribution in [2.24, 2.45) is 0 Å². The molecule has 0 aliphatic carbocycles. The zero-order valence-electron chi connectivity index (χ0n) is 12.9. The minimum Gasteiger partial charge on any atom is -0.335 e. The number of hydrogen-bond acceptors (Lipinski definition) is 2. The average Bonchev–Trinajstić information content (AvgIpc) is 2.52. The lowest BCUT2D eigenvalue weighted by atomic mass is 10.0. The van der Waals surface area contributed by atoms with Crippen LogP contribution in [0.4, 0.5) is 0 Å². The van der Waals surface area contributed by atoms with E-state index in [2.05, 4.69) is 41.2 Å². The number of hydrogen-bond donors (Lipinski definition) is 1. The molecule has 1 aromatic carbocycles. The van der Waals surface area contributed by atoms with Crippen LogP contribution in [-0.2, 0) is 4.79 Å². The fraction of sp³-hybridized carbons (Fsp3) is 0.588. The van der Waals surface area contributed by atoms with Crippen LogP contribution in [0.15, 0.2) is 28.7 Å². The van der Waals surface area contributed by atoms with E-state index in [1.54, 1.807) is 0 Å². The van der Waals surface area contributed by atoms with Gasteiger partial charge in [-0.25, -0.2) is 0 Å². The zero-order valence-corrected chi connectivity index (χ0v) is 14.5. The predicted octanol–water partition coefficient (Wildman–Crippen LogP) is 3.89. The van der Waals surface area contributed by atoms with Crippen LogP contribution in [0.1, 0.15) is 51.1 Å². The minimum atomic E-state index is -0.00441. The van der Waals surface area contributed by atoms with Gasteiger partial charge in [-0.2, -0.15) is 0 Å². The third-order valence-electron chi connectivity index (χ3n) is 4.18. The molecule has 0 spiro atoms. The van der Waals surface area contributed by atoms with Crippen molar-refractivity contribution in [2.75, 3.05) is 13.1 Å². The summed E-state index contributed by atoms with van der Waals surface area (Å²) < 4.78 is 1.07. The number of rotatable bonds is 5. The van der Waals surface area contributed by atoms with Gasteiger partial charge in [0.2, 0.25) is 5.91 Å². The second-order valence-electron chi connectivity index (χ2n) is 5.73. The summed E-state index contributed by atoms with van der Waals surface area (Å²) in [4.78, 5) is 14.9. The number of nitrogens with one attached hydrogen (secondary N) is 1. The molecule has 0 bridgehead atoms. The average molecular weight is 353 g/mol. The van der Waals surface area contributed by atoms with Crippen LogP contribution in [0.5, 0.6) is 0 Å². The van der Waals surface area contributed by atoms with Gasteiger partial charge in [-0.3, -0.25) is 4.79 Å². The van der Waals surface area contributed by atoms with Crippen LogP contribution in [0.2, 0.25) is 0 Å². The molecule has 116 valence electrons. The molecule has 1 aliphatic rings. The van der Waals surface area contributed by atoms with Gasteiger partial charge < -0.3 is 10.2 Å². The van der Waals surface area contributed by atoms with Crippen molar-refractivity contribution in [3.05, 3.63) is 34.3 Å². The van der Waals surface area contributed by atoms with Gasteiger partial charge in [-0.05, 0) is 44.4 Å². The number of nitrogens with zero attached hydrogens (tertiary/aromatic N) is 1. The Balaban J connectivity index is 2.17. The molecule has 1 aromatic rings. The van der Waals surface area contributed by atoms with E-state index in [9.17, 15) is 4.79 Å². The van der Waals surface area contributed by atoms with E-state index in [-0.39, 0.29) is 18.0 Å². The standard InChI is InChI=1S/C17H25BrN2O/c1-3-12-20(17(21)16-10-6-7-11-19-16)13(2)14-8-4-5-9-15(14)18/h4-5,8-9,13,16,19H,3,6-7,10-12H2,1-2H3/t13?,16-/m1/s1. The van der Waals surface area contributed by atoms with Crippen LogP contribution in [0.25, 0.3) is 0 Å². The van der Waals surface area contributed by atoms with Crippen LogP contribution in [0.3, 0.4) is 0 Å². The molecular weight excluding hydrogens is 328 g/mol. The lowest BCUT2D eigenvalue weighted by Crippen LogP contribution is -2.49. The van der Waals surface area contributed by atoms with Crippen LogP contribution >= 0.6 is 15.9 Å². The fourth-order valence-electron chi connectivity index (χ4n) is 2.98. The SMILES string of the molecule is CCCN(C(=O)[C@H]1CCCCN1)C(C)c1ccccc1Br. The lowest BCUT2D eigenvalue weighted by molar-refractivity contribution is -0.136. The number of amides is 1. The molecule has 1 N–H and O–H groups in total. The third-order valence-corrected chi connectivity index (χ3v) is 4.90. The molecule has 1 saturated heterocycles. The van der Waals surface area contributed by atoms with Crippen molar-refractivity contribution in [1.82, 2.24) is 10.2 Å². The normalized spacial score (nSPS) is 20.0. The van der Waals surface area contributed by atoms with Gasteiger partial charge in [0.1, 0.15) is 0 Å². The van der Waals surface area contributed by atoms with E-state index < -0.39 is 0 Å². The van der Waals surface area contributed by atoms with Crippen molar-refractivity contribution in [1.29, 1.82) is 0 Å². The Kier molecular flexibility index (Phi) is 6.24. The van der Waals surface area contributed by atoms with Crippen molar-refractivity contribution in [2.45, 2.75) is 51.6 Å². The van der Waals surface area contributed by atoms with Gasteiger partial charge >= 0.3 is 0 Å². The van der Waals surface area contributed by atoms with Gasteiger partial charge in [0.25, 0.3) is 0 Å². The monoisotopic (exact) mass is 352 g/mol. The Morgan fingerprint density at radius 2 is 2.19 bits per heavy atom. The molecule has 2 rings (SSSR count). The molecule has 1 fully saturated rings. The summed E-state index contributed by atoms with van der Waals surface area (Å²) >= 11 is 3.61. The zero-order chi connectivity index (χ0) is 15.2. The molecule has 0 radical (unpaired) electrons. The molecular formula is C17H25BrN2O. The first-order chi connectivity index (χ1) is 10.1.